The molecule has 0 aromatic carbocycles. The summed E-state index contributed by atoms with van der Waals surface area (Å²) in [6.07, 6.45) is 8.31. The van der Waals surface area contributed by atoms with Gasteiger partial charge in [-0.2, -0.15) is 0 Å². The van der Waals surface area contributed by atoms with Gasteiger partial charge in [-0.1, -0.05) is 0 Å². The summed E-state index contributed by atoms with van der Waals surface area (Å²) >= 11 is 0. The van der Waals surface area contributed by atoms with Crippen molar-refractivity contribution < 1.29 is 4.79 Å². The van der Waals surface area contributed by atoms with Gasteiger partial charge in [0.1, 0.15) is 5.82 Å². The van der Waals surface area contributed by atoms with Gasteiger partial charge in [0.15, 0.2) is 0 Å². The molecule has 1 saturated heterocycles. The van der Waals surface area contributed by atoms with Gasteiger partial charge in [-0.05, 0) is 37.8 Å². The van der Waals surface area contributed by atoms with Crippen molar-refractivity contribution in [2.24, 2.45) is 11.3 Å². The van der Waals surface area contributed by atoms with E-state index in [4.69, 9.17) is 0 Å². The van der Waals surface area contributed by atoms with Gasteiger partial charge in [0.2, 0.25) is 5.91 Å². The fourth-order valence-corrected chi connectivity index (χ4v) is 3.09. The van der Waals surface area contributed by atoms with E-state index in [1.807, 2.05) is 0 Å². The van der Waals surface area contributed by atoms with Crippen LogP contribution in [0.2, 0.25) is 0 Å². The van der Waals surface area contributed by atoms with Crippen molar-refractivity contribution in [1.29, 1.82) is 0 Å². The third-order valence-corrected chi connectivity index (χ3v) is 4.40. The van der Waals surface area contributed by atoms with Gasteiger partial charge in [-0.15, -0.1) is 0 Å². The highest BCUT2D eigenvalue weighted by Gasteiger charge is 2.57. The van der Waals surface area contributed by atoms with Crippen LogP contribution in [0.4, 0.5) is 5.82 Å². The molecule has 1 unspecified atom stereocenters. The molecule has 108 valence electrons. The van der Waals surface area contributed by atoms with Crippen LogP contribution < -0.4 is 16.0 Å². The normalized spacial score (nSPS) is 23.3. The first kappa shape index (κ1) is 13.3. The molecule has 1 aromatic heterocycles. The Hall–Kier alpha value is -1.69. The quantitative estimate of drug-likeness (QED) is 0.678. The molecule has 3 rings (SSSR count). The molecule has 6 nitrogen and oxygen atoms in total. The number of amides is 1. The van der Waals surface area contributed by atoms with Crippen molar-refractivity contribution in [2.75, 3.05) is 31.5 Å². The van der Waals surface area contributed by atoms with Crippen molar-refractivity contribution in [2.45, 2.75) is 19.3 Å². The number of nitrogens with one attached hydrogen (secondary N) is 3. The lowest BCUT2D eigenvalue weighted by Gasteiger charge is -2.23. The number of anilines is 1. The highest BCUT2D eigenvalue weighted by molar-refractivity contribution is 5.82. The number of carbonyl (C=O) groups excluding carboxylic acids is 1. The first-order valence-electron chi connectivity index (χ1n) is 7.28. The molecular weight excluding hydrogens is 254 g/mol. The second-order valence-corrected chi connectivity index (χ2v) is 5.68. The Morgan fingerprint density at radius 3 is 2.95 bits per heavy atom. The van der Waals surface area contributed by atoms with E-state index < -0.39 is 0 Å². The van der Waals surface area contributed by atoms with E-state index in [9.17, 15) is 4.79 Å². The Morgan fingerprint density at radius 2 is 2.20 bits per heavy atom. The zero-order valence-corrected chi connectivity index (χ0v) is 11.6. The first-order chi connectivity index (χ1) is 9.80. The molecule has 3 N–H and O–H groups in total. The monoisotopic (exact) mass is 275 g/mol. The molecule has 1 aromatic rings. The van der Waals surface area contributed by atoms with Crippen molar-refractivity contribution in [3.63, 3.8) is 0 Å². The molecule has 1 aliphatic carbocycles. The zero-order valence-electron chi connectivity index (χ0n) is 11.6. The van der Waals surface area contributed by atoms with Crippen LogP contribution in [-0.2, 0) is 4.79 Å². The molecule has 6 heteroatoms. The van der Waals surface area contributed by atoms with Crippen molar-refractivity contribution in [3.05, 3.63) is 18.6 Å². The largest absolute Gasteiger partial charge is 0.367 e. The summed E-state index contributed by atoms with van der Waals surface area (Å²) in [5.74, 6) is 1.19. The Bertz CT molecular complexity index is 458. The highest BCUT2D eigenvalue weighted by Crippen LogP contribution is 2.58. The minimum Gasteiger partial charge on any atom is -0.367 e. The standard InChI is InChI=1S/C14H21N5O/c20-13(11-9-14(11)1-3-15-4-2-14)19-8-7-18-12-10-16-5-6-17-12/h5-6,10-11,15H,1-4,7-9H2,(H,17,18)(H,19,20). The van der Waals surface area contributed by atoms with E-state index >= 15 is 0 Å². The Morgan fingerprint density at radius 1 is 1.35 bits per heavy atom. The Labute approximate surface area is 118 Å². The van der Waals surface area contributed by atoms with E-state index in [1.54, 1.807) is 18.6 Å². The van der Waals surface area contributed by atoms with Gasteiger partial charge < -0.3 is 16.0 Å². The lowest BCUT2D eigenvalue weighted by Crippen LogP contribution is -2.35. The summed E-state index contributed by atoms with van der Waals surface area (Å²) in [4.78, 5) is 20.2. The average molecular weight is 275 g/mol. The van der Waals surface area contributed by atoms with E-state index in [1.165, 1.54) is 0 Å². The molecule has 2 aliphatic rings. The van der Waals surface area contributed by atoms with Gasteiger partial charge in [0.05, 0.1) is 6.20 Å². The number of hydrogen-bond acceptors (Lipinski definition) is 5. The third-order valence-electron chi connectivity index (χ3n) is 4.40. The van der Waals surface area contributed by atoms with Gasteiger partial charge in [-0.3, -0.25) is 9.78 Å². The highest BCUT2D eigenvalue weighted by atomic mass is 16.2. The summed E-state index contributed by atoms with van der Waals surface area (Å²) in [7, 11) is 0. The number of nitrogens with zero attached hydrogens (tertiary/aromatic N) is 2. The maximum atomic E-state index is 12.1. The molecule has 2 heterocycles. The van der Waals surface area contributed by atoms with Gasteiger partial charge in [0.25, 0.3) is 0 Å². The van der Waals surface area contributed by atoms with Gasteiger partial charge in [-0.25, -0.2) is 4.98 Å². The Balaban J connectivity index is 1.36. The van der Waals surface area contributed by atoms with Crippen LogP contribution in [0.1, 0.15) is 19.3 Å². The predicted octanol–water partition coefficient (Wildman–Crippen LogP) is 0.394. The second kappa shape index (κ2) is 5.75. The Kier molecular flexibility index (Phi) is 3.82. The fraction of sp³-hybridized carbons (Fsp3) is 0.643. The number of hydrogen-bond donors (Lipinski definition) is 3. The van der Waals surface area contributed by atoms with Crippen LogP contribution in [0, 0.1) is 11.3 Å². The van der Waals surface area contributed by atoms with Crippen LogP contribution in [0.5, 0.6) is 0 Å². The maximum Gasteiger partial charge on any atom is 0.223 e. The minimum absolute atomic E-state index is 0.216. The summed E-state index contributed by atoms with van der Waals surface area (Å²) in [6, 6.07) is 0. The SMILES string of the molecule is O=C(NCCNc1cnccn1)C1CC12CCNCC2. The number of rotatable bonds is 5. The van der Waals surface area contributed by atoms with E-state index in [0.29, 0.717) is 18.5 Å². The molecule has 0 bridgehead atoms. The topological polar surface area (TPSA) is 78.9 Å². The van der Waals surface area contributed by atoms with Gasteiger partial charge >= 0.3 is 0 Å². The first-order valence-corrected chi connectivity index (χ1v) is 7.28. The lowest BCUT2D eigenvalue weighted by molar-refractivity contribution is -0.123. The van der Waals surface area contributed by atoms with Crippen LogP contribution in [0.25, 0.3) is 0 Å². The van der Waals surface area contributed by atoms with E-state index in [2.05, 4.69) is 25.9 Å². The van der Waals surface area contributed by atoms with E-state index in [-0.39, 0.29) is 11.8 Å². The van der Waals surface area contributed by atoms with Crippen molar-refractivity contribution in [3.8, 4) is 0 Å². The van der Waals surface area contributed by atoms with Crippen molar-refractivity contribution >= 4 is 11.7 Å². The predicted molar refractivity (Wildman–Crippen MR) is 76.2 cm³/mol. The molecule has 1 amide bonds. The minimum atomic E-state index is 0.216. The average Bonchev–Trinajstić information content (AvgIpc) is 3.19. The molecular formula is C14H21N5O. The number of aromatic nitrogens is 2. The number of piperidine rings is 1. The van der Waals surface area contributed by atoms with Crippen LogP contribution >= 0.6 is 0 Å². The molecule has 1 aliphatic heterocycles. The van der Waals surface area contributed by atoms with Crippen LogP contribution in [0.3, 0.4) is 0 Å². The summed E-state index contributed by atoms with van der Waals surface area (Å²) in [5.41, 5.74) is 0.313. The zero-order chi connectivity index (χ0) is 13.8. The second-order valence-electron chi connectivity index (χ2n) is 5.68. The fourth-order valence-electron chi connectivity index (χ4n) is 3.09. The van der Waals surface area contributed by atoms with Crippen LogP contribution in [-0.4, -0.2) is 42.1 Å². The smallest absolute Gasteiger partial charge is 0.223 e. The summed E-state index contributed by atoms with van der Waals surface area (Å²) in [6.45, 7) is 3.40. The molecule has 1 atom stereocenters. The summed E-state index contributed by atoms with van der Waals surface area (Å²) in [5, 5.41) is 9.50. The van der Waals surface area contributed by atoms with E-state index in [0.717, 1.165) is 38.2 Å². The third kappa shape index (κ3) is 2.90. The summed E-state index contributed by atoms with van der Waals surface area (Å²) < 4.78 is 0. The molecule has 2 fully saturated rings. The maximum absolute atomic E-state index is 12.1. The molecule has 1 saturated carbocycles. The number of carbonyl (C=O) groups is 1. The van der Waals surface area contributed by atoms with Gasteiger partial charge in [0, 0.05) is 31.4 Å². The molecule has 1 spiro atoms. The molecule has 20 heavy (non-hydrogen) atoms. The van der Waals surface area contributed by atoms with Crippen molar-refractivity contribution in [1.82, 2.24) is 20.6 Å². The lowest BCUT2D eigenvalue weighted by atomic mass is 9.92. The van der Waals surface area contributed by atoms with Crippen LogP contribution in [0.15, 0.2) is 18.6 Å². The molecule has 0 radical (unpaired) electrons.